The highest BCUT2D eigenvalue weighted by Crippen LogP contribution is 2.25. The van der Waals surface area contributed by atoms with Gasteiger partial charge in [-0.1, -0.05) is 44.2 Å². The number of aliphatic hydroxyl groups excluding tert-OH is 1. The average molecular weight is 400 g/mol. The number of hydrogen-bond acceptors (Lipinski definition) is 3. The molecular formula is C24H30FNO3. The second-order valence-electron chi connectivity index (χ2n) is 7.88. The molecule has 0 aliphatic carbocycles. The summed E-state index contributed by atoms with van der Waals surface area (Å²) in [6.45, 7) is 7.22. The zero-order chi connectivity index (χ0) is 21.6. The fourth-order valence-corrected chi connectivity index (χ4v) is 3.62. The number of aliphatic hydroxyl groups is 1. The van der Waals surface area contributed by atoms with Gasteiger partial charge < -0.3 is 10.4 Å². The van der Waals surface area contributed by atoms with Crippen molar-refractivity contribution in [3.05, 3.63) is 70.0 Å². The molecule has 0 aliphatic heterocycles. The third kappa shape index (κ3) is 6.23. The molecule has 5 heteroatoms. The number of amides is 1. The van der Waals surface area contributed by atoms with E-state index in [1.54, 1.807) is 26.0 Å². The van der Waals surface area contributed by atoms with Crippen molar-refractivity contribution in [1.82, 2.24) is 5.32 Å². The number of ketones is 1. The number of carbonyl (C=O) groups is 2. The molecule has 0 aliphatic rings. The zero-order valence-electron chi connectivity index (χ0n) is 17.6. The van der Waals surface area contributed by atoms with E-state index < -0.39 is 11.9 Å². The normalized spacial score (nSPS) is 12.1. The van der Waals surface area contributed by atoms with Crippen LogP contribution in [-0.2, 0) is 28.9 Å². The lowest BCUT2D eigenvalue weighted by molar-refractivity contribution is -0.121. The lowest BCUT2D eigenvalue weighted by Gasteiger charge is -2.22. The van der Waals surface area contributed by atoms with Gasteiger partial charge in [-0.25, -0.2) is 4.39 Å². The van der Waals surface area contributed by atoms with Crippen molar-refractivity contribution in [2.45, 2.75) is 58.9 Å². The molecule has 29 heavy (non-hydrogen) atoms. The van der Waals surface area contributed by atoms with Crippen LogP contribution in [0, 0.1) is 12.7 Å². The Morgan fingerprint density at radius 3 is 2.34 bits per heavy atom. The second-order valence-corrected chi connectivity index (χ2v) is 7.88. The third-order valence-electron chi connectivity index (χ3n) is 5.10. The molecule has 0 bridgehead atoms. The number of benzene rings is 2. The third-order valence-corrected chi connectivity index (χ3v) is 5.10. The van der Waals surface area contributed by atoms with Crippen molar-refractivity contribution in [2.75, 3.05) is 6.61 Å². The van der Waals surface area contributed by atoms with Gasteiger partial charge in [0.2, 0.25) is 5.91 Å². The van der Waals surface area contributed by atoms with Crippen LogP contribution >= 0.6 is 0 Å². The Kier molecular flexibility index (Phi) is 8.09. The van der Waals surface area contributed by atoms with E-state index in [2.05, 4.69) is 19.2 Å². The Morgan fingerprint density at radius 1 is 1.07 bits per heavy atom. The van der Waals surface area contributed by atoms with Gasteiger partial charge in [-0.2, -0.15) is 0 Å². The van der Waals surface area contributed by atoms with Crippen LogP contribution in [0.4, 0.5) is 4.39 Å². The van der Waals surface area contributed by atoms with E-state index in [1.807, 2.05) is 18.2 Å². The van der Waals surface area contributed by atoms with Gasteiger partial charge in [0.05, 0.1) is 19.1 Å². The first-order chi connectivity index (χ1) is 13.7. The number of hydrogen-bond donors (Lipinski definition) is 2. The zero-order valence-corrected chi connectivity index (χ0v) is 17.6. The van der Waals surface area contributed by atoms with Gasteiger partial charge in [-0.15, -0.1) is 0 Å². The number of nitrogens with one attached hydrogen (secondary N) is 1. The van der Waals surface area contributed by atoms with E-state index in [0.717, 1.165) is 22.3 Å². The van der Waals surface area contributed by atoms with Crippen LogP contribution in [-0.4, -0.2) is 29.4 Å². The minimum Gasteiger partial charge on any atom is -0.394 e. The van der Waals surface area contributed by atoms with E-state index >= 15 is 0 Å². The fourth-order valence-electron chi connectivity index (χ4n) is 3.62. The first kappa shape index (κ1) is 22.8. The molecule has 2 aromatic rings. The topological polar surface area (TPSA) is 66.4 Å². The van der Waals surface area contributed by atoms with Crippen molar-refractivity contribution >= 4 is 11.7 Å². The van der Waals surface area contributed by atoms with Crippen molar-refractivity contribution in [3.8, 4) is 0 Å². The SMILES string of the molecule is CC(=O)Cc1cccc(C(C)C)c1CC(CO)NC(=O)Cc1c(C)cccc1F. The van der Waals surface area contributed by atoms with Gasteiger partial charge in [-0.05, 0) is 54.5 Å². The minimum atomic E-state index is -0.514. The molecule has 0 saturated heterocycles. The molecule has 0 fully saturated rings. The molecule has 0 heterocycles. The molecule has 1 unspecified atom stereocenters. The summed E-state index contributed by atoms with van der Waals surface area (Å²) in [6, 6.07) is 10.1. The second kappa shape index (κ2) is 10.3. The van der Waals surface area contributed by atoms with Crippen molar-refractivity contribution < 1.29 is 19.1 Å². The van der Waals surface area contributed by atoms with Crippen LogP contribution in [0.1, 0.15) is 54.5 Å². The molecule has 2 aromatic carbocycles. The molecule has 2 rings (SSSR count). The molecule has 0 aromatic heterocycles. The first-order valence-electron chi connectivity index (χ1n) is 9.97. The van der Waals surface area contributed by atoms with E-state index in [9.17, 15) is 19.1 Å². The lowest BCUT2D eigenvalue weighted by atomic mass is 9.88. The Labute approximate surface area is 172 Å². The molecule has 1 atom stereocenters. The fraction of sp³-hybridized carbons (Fsp3) is 0.417. The van der Waals surface area contributed by atoms with Gasteiger partial charge >= 0.3 is 0 Å². The van der Waals surface area contributed by atoms with Gasteiger partial charge in [0.1, 0.15) is 11.6 Å². The van der Waals surface area contributed by atoms with E-state index in [0.29, 0.717) is 18.4 Å². The summed E-state index contributed by atoms with van der Waals surface area (Å²) in [5, 5.41) is 12.7. The largest absolute Gasteiger partial charge is 0.394 e. The van der Waals surface area contributed by atoms with Crippen LogP contribution in [0.3, 0.4) is 0 Å². The molecule has 156 valence electrons. The van der Waals surface area contributed by atoms with Crippen LogP contribution in [0.15, 0.2) is 36.4 Å². The number of aryl methyl sites for hydroxylation is 1. The summed E-state index contributed by atoms with van der Waals surface area (Å²) in [5.74, 6) is -0.443. The Balaban J connectivity index is 2.21. The molecule has 1 amide bonds. The summed E-state index contributed by atoms with van der Waals surface area (Å²) >= 11 is 0. The smallest absolute Gasteiger partial charge is 0.224 e. The number of carbonyl (C=O) groups excluding carboxylic acids is 2. The maximum absolute atomic E-state index is 14.0. The van der Waals surface area contributed by atoms with E-state index in [1.165, 1.54) is 6.07 Å². The molecular weight excluding hydrogens is 369 g/mol. The van der Waals surface area contributed by atoms with E-state index in [-0.39, 0.29) is 30.6 Å². The lowest BCUT2D eigenvalue weighted by Crippen LogP contribution is -2.40. The number of Topliss-reactive ketones (excluding diaryl/α,β-unsaturated/α-hetero) is 1. The molecule has 2 N–H and O–H groups in total. The monoisotopic (exact) mass is 399 g/mol. The quantitative estimate of drug-likeness (QED) is 0.676. The van der Waals surface area contributed by atoms with Crippen molar-refractivity contribution in [1.29, 1.82) is 0 Å². The minimum absolute atomic E-state index is 0.0618. The highest BCUT2D eigenvalue weighted by atomic mass is 19.1. The maximum atomic E-state index is 14.0. The van der Waals surface area contributed by atoms with Gasteiger partial charge in [-0.3, -0.25) is 9.59 Å². The van der Waals surface area contributed by atoms with Crippen LogP contribution < -0.4 is 5.32 Å². The van der Waals surface area contributed by atoms with Crippen molar-refractivity contribution in [2.24, 2.45) is 0 Å². The summed E-state index contributed by atoms with van der Waals surface area (Å²) in [5.41, 5.74) is 4.08. The highest BCUT2D eigenvalue weighted by Gasteiger charge is 2.20. The Hall–Kier alpha value is -2.53. The standard InChI is InChI=1S/C24H30FNO3/c1-15(2)20-9-6-8-18(11-17(4)28)22(20)12-19(14-27)26-24(29)13-21-16(3)7-5-10-23(21)25/h5-10,15,19,27H,11-14H2,1-4H3,(H,26,29). The molecule has 0 radical (unpaired) electrons. The maximum Gasteiger partial charge on any atom is 0.224 e. The van der Waals surface area contributed by atoms with E-state index in [4.69, 9.17) is 0 Å². The molecule has 0 saturated carbocycles. The predicted octanol–water partition coefficient (Wildman–Crippen LogP) is 3.65. The van der Waals surface area contributed by atoms with Crippen molar-refractivity contribution in [3.63, 3.8) is 0 Å². The predicted molar refractivity (Wildman–Crippen MR) is 112 cm³/mol. The van der Waals surface area contributed by atoms with Gasteiger partial charge in [0, 0.05) is 12.0 Å². The summed E-state index contributed by atoms with van der Waals surface area (Å²) in [4.78, 5) is 24.2. The Bertz CT molecular complexity index is 856. The summed E-state index contributed by atoms with van der Waals surface area (Å²) < 4.78 is 14.0. The first-order valence-corrected chi connectivity index (χ1v) is 9.97. The van der Waals surface area contributed by atoms with Crippen LogP contribution in [0.25, 0.3) is 0 Å². The van der Waals surface area contributed by atoms with Gasteiger partial charge in [0.15, 0.2) is 0 Å². The number of halogens is 1. The highest BCUT2D eigenvalue weighted by molar-refractivity contribution is 5.80. The summed E-state index contributed by atoms with van der Waals surface area (Å²) in [6.07, 6.45) is 0.646. The summed E-state index contributed by atoms with van der Waals surface area (Å²) in [7, 11) is 0. The number of rotatable bonds is 9. The van der Waals surface area contributed by atoms with Gasteiger partial charge in [0.25, 0.3) is 0 Å². The molecule has 0 spiro atoms. The van der Waals surface area contributed by atoms with Crippen LogP contribution in [0.2, 0.25) is 0 Å². The molecule has 4 nitrogen and oxygen atoms in total. The average Bonchev–Trinajstić information content (AvgIpc) is 2.64. The van der Waals surface area contributed by atoms with Crippen LogP contribution in [0.5, 0.6) is 0 Å². The Morgan fingerprint density at radius 2 is 1.76 bits per heavy atom.